The van der Waals surface area contributed by atoms with E-state index in [-0.39, 0.29) is 29.7 Å². The average molecular weight is 356 g/mol. The minimum absolute atomic E-state index is 0.0461. The Balaban J connectivity index is 1.53. The molecule has 124 valence electrons. The molecule has 1 amide bonds. The van der Waals surface area contributed by atoms with Gasteiger partial charge in [-0.15, -0.1) is 0 Å². The number of carbonyl (C=O) groups excluding carboxylic acids is 1. The lowest BCUT2D eigenvalue weighted by Crippen LogP contribution is -2.39. The number of hydrogen-bond donors (Lipinski definition) is 2. The summed E-state index contributed by atoms with van der Waals surface area (Å²) in [5, 5.41) is 13.1. The van der Waals surface area contributed by atoms with Gasteiger partial charge in [-0.3, -0.25) is 9.59 Å². The van der Waals surface area contributed by atoms with Crippen LogP contribution in [0.5, 0.6) is 0 Å². The van der Waals surface area contributed by atoms with Crippen molar-refractivity contribution < 1.29 is 14.7 Å². The first-order valence-electron chi connectivity index (χ1n) is 7.94. The lowest BCUT2D eigenvalue weighted by Gasteiger charge is -2.26. The van der Waals surface area contributed by atoms with Crippen LogP contribution in [0.15, 0.2) is 18.2 Å². The monoisotopic (exact) mass is 355 g/mol. The van der Waals surface area contributed by atoms with Crippen LogP contribution in [0.4, 0.5) is 0 Å². The van der Waals surface area contributed by atoms with Gasteiger partial charge in [0.05, 0.1) is 16.0 Å². The van der Waals surface area contributed by atoms with Gasteiger partial charge in [-0.05, 0) is 49.7 Å². The van der Waals surface area contributed by atoms with Gasteiger partial charge in [-0.1, -0.05) is 35.3 Å². The van der Waals surface area contributed by atoms with Gasteiger partial charge < -0.3 is 10.4 Å². The van der Waals surface area contributed by atoms with Crippen LogP contribution in [0.1, 0.15) is 43.6 Å². The maximum atomic E-state index is 12.4. The summed E-state index contributed by atoms with van der Waals surface area (Å²) < 4.78 is 0. The summed E-state index contributed by atoms with van der Waals surface area (Å²) in [6, 6.07) is 5.61. The average Bonchev–Trinajstić information content (AvgIpc) is 3.31. The van der Waals surface area contributed by atoms with Crippen molar-refractivity contribution in [3.8, 4) is 0 Å². The molecular weight excluding hydrogens is 337 g/mol. The van der Waals surface area contributed by atoms with Crippen molar-refractivity contribution in [2.75, 3.05) is 0 Å². The Morgan fingerprint density at radius 1 is 1.13 bits per heavy atom. The van der Waals surface area contributed by atoms with Crippen LogP contribution in [-0.4, -0.2) is 23.0 Å². The summed E-state index contributed by atoms with van der Waals surface area (Å²) in [7, 11) is 0. The van der Waals surface area contributed by atoms with Crippen LogP contribution in [0, 0.1) is 11.8 Å². The van der Waals surface area contributed by atoms with Crippen molar-refractivity contribution in [2.24, 2.45) is 11.8 Å². The van der Waals surface area contributed by atoms with Gasteiger partial charge in [0.1, 0.15) is 0 Å². The van der Waals surface area contributed by atoms with E-state index in [1.165, 1.54) is 0 Å². The molecule has 0 saturated heterocycles. The molecule has 23 heavy (non-hydrogen) atoms. The van der Waals surface area contributed by atoms with E-state index in [1.54, 1.807) is 6.07 Å². The fourth-order valence-corrected chi connectivity index (χ4v) is 3.88. The van der Waals surface area contributed by atoms with E-state index < -0.39 is 5.97 Å². The maximum Gasteiger partial charge on any atom is 0.306 e. The Bertz CT molecular complexity index is 626. The molecule has 4 nitrogen and oxygen atoms in total. The van der Waals surface area contributed by atoms with E-state index in [9.17, 15) is 9.59 Å². The number of aliphatic carboxylic acids is 1. The summed E-state index contributed by atoms with van der Waals surface area (Å²) in [6.45, 7) is 0. The smallest absolute Gasteiger partial charge is 0.306 e. The van der Waals surface area contributed by atoms with Gasteiger partial charge in [0, 0.05) is 12.0 Å². The number of carbonyl (C=O) groups is 2. The second-order valence-corrected chi connectivity index (χ2v) is 7.27. The molecule has 0 bridgehead atoms. The van der Waals surface area contributed by atoms with Crippen molar-refractivity contribution in [3.63, 3.8) is 0 Å². The van der Waals surface area contributed by atoms with Crippen molar-refractivity contribution in [3.05, 3.63) is 33.8 Å². The number of benzene rings is 1. The van der Waals surface area contributed by atoms with E-state index in [0.717, 1.165) is 24.8 Å². The first kappa shape index (κ1) is 16.6. The summed E-state index contributed by atoms with van der Waals surface area (Å²) in [5.74, 6) is -0.862. The molecule has 0 aromatic heterocycles. The zero-order valence-corrected chi connectivity index (χ0v) is 14.1. The molecule has 0 unspecified atom stereocenters. The largest absolute Gasteiger partial charge is 0.481 e. The van der Waals surface area contributed by atoms with Crippen molar-refractivity contribution in [2.45, 2.75) is 44.1 Å². The lowest BCUT2D eigenvalue weighted by molar-refractivity contribution is -0.142. The van der Waals surface area contributed by atoms with Gasteiger partial charge >= 0.3 is 5.97 Å². The highest BCUT2D eigenvalue weighted by Crippen LogP contribution is 2.50. The highest BCUT2D eigenvalue weighted by atomic mass is 35.5. The Hall–Kier alpha value is -1.26. The third-order valence-electron chi connectivity index (χ3n) is 4.93. The minimum atomic E-state index is -0.729. The first-order chi connectivity index (χ1) is 11.0. The molecule has 2 aliphatic carbocycles. The Morgan fingerprint density at radius 2 is 1.83 bits per heavy atom. The third kappa shape index (κ3) is 3.64. The third-order valence-corrected chi connectivity index (χ3v) is 5.76. The van der Waals surface area contributed by atoms with Crippen LogP contribution in [0.25, 0.3) is 0 Å². The normalized spacial score (nSPS) is 29.8. The molecular formula is C17H19Cl2NO3. The fraction of sp³-hybridized carbons (Fsp3) is 0.529. The van der Waals surface area contributed by atoms with Crippen molar-refractivity contribution in [1.29, 1.82) is 0 Å². The maximum absolute atomic E-state index is 12.4. The van der Waals surface area contributed by atoms with Crippen molar-refractivity contribution in [1.82, 2.24) is 5.32 Å². The number of carboxylic acid groups (broad SMARTS) is 1. The highest BCUT2D eigenvalue weighted by molar-refractivity contribution is 6.42. The summed E-state index contributed by atoms with van der Waals surface area (Å²) in [4.78, 5) is 23.3. The first-order valence-corrected chi connectivity index (χ1v) is 8.70. The Morgan fingerprint density at radius 3 is 2.48 bits per heavy atom. The molecule has 0 radical (unpaired) electrons. The van der Waals surface area contributed by atoms with Crippen LogP contribution in [0.2, 0.25) is 10.0 Å². The Labute approximate surface area is 145 Å². The molecule has 6 heteroatoms. The SMILES string of the molecule is O=C(O)C1CCC(NC(=O)[C@@H]2C[C@H]2c2cccc(Cl)c2Cl)CC1. The molecule has 1 aromatic carbocycles. The quantitative estimate of drug-likeness (QED) is 0.861. The molecule has 0 heterocycles. The number of rotatable bonds is 4. The van der Waals surface area contributed by atoms with Crippen LogP contribution in [-0.2, 0) is 9.59 Å². The molecule has 2 fully saturated rings. The molecule has 1 aromatic rings. The number of amides is 1. The fourth-order valence-electron chi connectivity index (χ4n) is 3.43. The molecule has 2 atom stereocenters. The highest BCUT2D eigenvalue weighted by Gasteiger charge is 2.45. The molecule has 0 spiro atoms. The minimum Gasteiger partial charge on any atom is -0.481 e. The number of nitrogens with one attached hydrogen (secondary N) is 1. The van der Waals surface area contributed by atoms with Gasteiger partial charge in [0.2, 0.25) is 5.91 Å². The van der Waals surface area contributed by atoms with Crippen molar-refractivity contribution >= 4 is 35.1 Å². The molecule has 0 aliphatic heterocycles. The summed E-state index contributed by atoms with van der Waals surface area (Å²) in [5.41, 5.74) is 0.939. The summed E-state index contributed by atoms with van der Waals surface area (Å²) in [6.07, 6.45) is 3.52. The Kier molecular flexibility index (Phi) is 4.83. The predicted octanol–water partition coefficient (Wildman–Crippen LogP) is 3.86. The zero-order chi connectivity index (χ0) is 16.6. The summed E-state index contributed by atoms with van der Waals surface area (Å²) >= 11 is 12.2. The van der Waals surface area contributed by atoms with Gasteiger partial charge in [0.25, 0.3) is 0 Å². The number of hydrogen-bond acceptors (Lipinski definition) is 2. The standard InChI is InChI=1S/C17H19Cl2NO3/c18-14-3-1-2-11(15(14)19)12-8-13(12)16(21)20-10-6-4-9(5-7-10)17(22)23/h1-3,9-10,12-13H,4-8H2,(H,20,21)(H,22,23)/t9?,10?,12-,13+/m0/s1. The van der Waals surface area contributed by atoms with Gasteiger partial charge in [-0.25, -0.2) is 0 Å². The van der Waals surface area contributed by atoms with E-state index in [4.69, 9.17) is 28.3 Å². The van der Waals surface area contributed by atoms with Gasteiger partial charge in [0.15, 0.2) is 0 Å². The molecule has 2 saturated carbocycles. The molecule has 2 aliphatic rings. The molecule has 2 N–H and O–H groups in total. The van der Waals surface area contributed by atoms with E-state index in [1.807, 2.05) is 12.1 Å². The van der Waals surface area contributed by atoms with E-state index in [0.29, 0.717) is 22.9 Å². The molecule has 3 rings (SSSR count). The second kappa shape index (κ2) is 6.70. The topological polar surface area (TPSA) is 66.4 Å². The van der Waals surface area contributed by atoms with Crippen LogP contribution in [0.3, 0.4) is 0 Å². The second-order valence-electron chi connectivity index (χ2n) is 6.49. The number of carboxylic acids is 1. The van der Waals surface area contributed by atoms with Crippen LogP contribution >= 0.6 is 23.2 Å². The van der Waals surface area contributed by atoms with E-state index >= 15 is 0 Å². The predicted molar refractivity (Wildman–Crippen MR) is 88.8 cm³/mol. The van der Waals surface area contributed by atoms with Gasteiger partial charge in [-0.2, -0.15) is 0 Å². The lowest BCUT2D eigenvalue weighted by atomic mass is 9.86. The van der Waals surface area contributed by atoms with E-state index in [2.05, 4.69) is 5.32 Å². The van der Waals surface area contributed by atoms with Crippen LogP contribution < -0.4 is 5.32 Å². The zero-order valence-electron chi connectivity index (χ0n) is 12.6. The number of halogens is 2.